The van der Waals surface area contributed by atoms with Gasteiger partial charge in [0.25, 0.3) is 0 Å². The molecule has 194 valence electrons. The Hall–Kier alpha value is -1.60. The van der Waals surface area contributed by atoms with Crippen LogP contribution in [0.4, 0.5) is 0 Å². The Labute approximate surface area is 222 Å². The molecule has 15 heteroatoms. The van der Waals surface area contributed by atoms with E-state index in [-0.39, 0.29) is 80.0 Å². The van der Waals surface area contributed by atoms with E-state index in [1.165, 1.54) is 6.20 Å². The Balaban J connectivity index is -0.00000136. The van der Waals surface area contributed by atoms with Gasteiger partial charge in [-0.3, -0.25) is 14.4 Å². The fourth-order valence-electron chi connectivity index (χ4n) is 2.42. The summed E-state index contributed by atoms with van der Waals surface area (Å²) in [5.74, 6) is -4.55. The molecule has 0 aliphatic heterocycles. The van der Waals surface area contributed by atoms with Crippen LogP contribution in [0.1, 0.15) is 42.2 Å². The van der Waals surface area contributed by atoms with E-state index in [1.54, 1.807) is 0 Å². The average Bonchev–Trinajstić information content (AvgIpc) is 2.66. The molecule has 10 N–H and O–H groups in total. The van der Waals surface area contributed by atoms with E-state index in [4.69, 9.17) is 38.0 Å². The lowest BCUT2D eigenvalue weighted by Crippen LogP contribution is -3.00. The van der Waals surface area contributed by atoms with Gasteiger partial charge in [-0.1, -0.05) is 0 Å². The molecule has 1 heterocycles. The summed E-state index contributed by atoms with van der Waals surface area (Å²) >= 11 is 0. The number of rotatable bonds is 13. The summed E-state index contributed by atoms with van der Waals surface area (Å²) in [7, 11) is 0. The molecule has 0 aliphatic carbocycles. The standard InChI is InChI=1S/C18H28N4O7.4ClH/c19-12(16(24)25)3-1-2-6-22-8-10(4-5-13(20)17(26)27)11(15(23)9-22)7-14(21)18(28)29;;;;/h8-9,12-14H,1-7,19-21H2,(H3-,23,24,25,26,27,28,29);4*1H/t12-,13-,14-;;;;/m0..../s1/i1D2,2D2;;;;. The summed E-state index contributed by atoms with van der Waals surface area (Å²) in [6.07, 6.45) is -4.17. The molecule has 0 aromatic carbocycles. The highest BCUT2D eigenvalue weighted by Crippen LogP contribution is 2.22. The van der Waals surface area contributed by atoms with Gasteiger partial charge in [-0.25, -0.2) is 4.57 Å². The van der Waals surface area contributed by atoms with Crippen LogP contribution in [-0.2, 0) is 33.8 Å². The number of hydrogen-bond donors (Lipinski definition) is 7. The highest BCUT2D eigenvalue weighted by molar-refractivity contribution is 5.86. The zero-order valence-electron chi connectivity index (χ0n) is 21.2. The van der Waals surface area contributed by atoms with Crippen molar-refractivity contribution >= 4 is 55.1 Å². The number of carboxylic acid groups (broad SMARTS) is 3. The minimum atomic E-state index is -2.66. The molecule has 1 aromatic rings. The molecule has 11 nitrogen and oxygen atoms in total. The molecule has 0 saturated heterocycles. The lowest BCUT2D eigenvalue weighted by atomic mass is 9.96. The normalized spacial score (nSPS) is 15.1. The summed E-state index contributed by atoms with van der Waals surface area (Å²) in [6, 6.07) is -4.27. The number of aliphatic carboxylic acids is 3. The van der Waals surface area contributed by atoms with Crippen LogP contribution in [0.5, 0.6) is 5.75 Å². The van der Waals surface area contributed by atoms with Crippen LogP contribution in [0.2, 0.25) is 0 Å². The van der Waals surface area contributed by atoms with Crippen molar-refractivity contribution < 1.29 is 57.3 Å². The fourth-order valence-corrected chi connectivity index (χ4v) is 2.42. The summed E-state index contributed by atoms with van der Waals surface area (Å²) in [4.78, 5) is 33.1. The van der Waals surface area contributed by atoms with E-state index >= 15 is 0 Å². The molecule has 0 bridgehead atoms. The third-order valence-corrected chi connectivity index (χ3v) is 4.12. The molecule has 0 unspecified atom stereocenters. The van der Waals surface area contributed by atoms with Crippen molar-refractivity contribution in [1.29, 1.82) is 0 Å². The smallest absolute Gasteiger partial charge is 0.320 e. The van der Waals surface area contributed by atoms with Crippen LogP contribution in [0.3, 0.4) is 0 Å². The van der Waals surface area contributed by atoms with Crippen molar-refractivity contribution in [3.8, 4) is 5.75 Å². The second-order valence-corrected chi connectivity index (χ2v) is 6.45. The van der Waals surface area contributed by atoms with Crippen LogP contribution in [0, 0.1) is 0 Å². The van der Waals surface area contributed by atoms with Crippen LogP contribution >= 0.6 is 37.2 Å². The quantitative estimate of drug-likeness (QED) is 0.120. The molecule has 0 fully saturated rings. The highest BCUT2D eigenvalue weighted by atomic mass is 35.5. The first-order valence-corrected chi connectivity index (χ1v) is 8.67. The van der Waals surface area contributed by atoms with Gasteiger partial charge in [-0.15, -0.1) is 37.2 Å². The minimum Gasteiger partial charge on any atom is -1.00 e. The van der Waals surface area contributed by atoms with Crippen LogP contribution in [0.15, 0.2) is 12.4 Å². The van der Waals surface area contributed by atoms with Crippen molar-refractivity contribution in [3.63, 3.8) is 0 Å². The van der Waals surface area contributed by atoms with Crippen molar-refractivity contribution in [2.45, 2.75) is 63.1 Å². The van der Waals surface area contributed by atoms with Gasteiger partial charge in [0.05, 0.1) is 0 Å². The predicted octanol–water partition coefficient (Wildman–Crippen LogP) is -3.17. The number of nitrogens with two attached hydrogens (primary N) is 3. The van der Waals surface area contributed by atoms with E-state index in [0.29, 0.717) is 0 Å². The third kappa shape index (κ3) is 13.6. The average molecular weight is 562 g/mol. The lowest BCUT2D eigenvalue weighted by Gasteiger charge is -2.14. The number of aromatic hydroxyl groups is 1. The molecule has 33 heavy (non-hydrogen) atoms. The number of aryl methyl sites for hydroxylation is 2. The van der Waals surface area contributed by atoms with Gasteiger partial charge in [0, 0.05) is 29.4 Å². The maximum absolute atomic E-state index is 11.1. The third-order valence-electron chi connectivity index (χ3n) is 4.12. The van der Waals surface area contributed by atoms with Crippen molar-refractivity contribution in [1.82, 2.24) is 0 Å². The summed E-state index contributed by atoms with van der Waals surface area (Å²) in [6.45, 7) is -0.664. The minimum absolute atomic E-state index is 0. The van der Waals surface area contributed by atoms with Gasteiger partial charge in [0.15, 0.2) is 11.9 Å². The Bertz CT molecular complexity index is 919. The van der Waals surface area contributed by atoms with E-state index in [1.807, 2.05) is 0 Å². The van der Waals surface area contributed by atoms with Gasteiger partial charge in [0.1, 0.15) is 24.7 Å². The van der Waals surface area contributed by atoms with E-state index < -0.39 is 67.5 Å². The maximum Gasteiger partial charge on any atom is 0.320 e. The van der Waals surface area contributed by atoms with Gasteiger partial charge in [-0.2, -0.15) is 0 Å². The number of aromatic nitrogens is 1. The lowest BCUT2D eigenvalue weighted by molar-refractivity contribution is -0.698. The second kappa shape index (κ2) is 18.8. The molecular weight excluding hydrogens is 526 g/mol. The van der Waals surface area contributed by atoms with Crippen molar-refractivity contribution in [3.05, 3.63) is 23.5 Å². The van der Waals surface area contributed by atoms with E-state index in [2.05, 4.69) is 0 Å². The Morgan fingerprint density at radius 2 is 1.36 bits per heavy atom. The molecule has 0 aliphatic rings. The molecular formula is C18H32Cl4N4O7. The SMILES string of the molecule is Cl.Cl.Cl.[2H]C([2H])(C[C@H](N)C(=O)O)C([2H])([2H])C[n+]1cc(O)c(C[C@H](N)C(=O)O)c(CC[C@H](N)C(=O)O)c1.[Cl-]. The molecule has 3 atom stereocenters. The summed E-state index contributed by atoms with van der Waals surface area (Å²) < 4.78 is 33.3. The van der Waals surface area contributed by atoms with Gasteiger partial charge < -0.3 is 50.0 Å². The summed E-state index contributed by atoms with van der Waals surface area (Å²) in [5.41, 5.74) is 16.8. The molecule has 0 amide bonds. The topological polar surface area (TPSA) is 214 Å². The molecule has 0 spiro atoms. The first-order chi connectivity index (χ1) is 15.0. The number of nitrogens with zero attached hydrogens (tertiary/aromatic N) is 1. The summed E-state index contributed by atoms with van der Waals surface area (Å²) in [5, 5.41) is 37.4. The first kappa shape index (κ1) is 29.4. The largest absolute Gasteiger partial charge is 1.00 e. The number of hydrogen-bond acceptors (Lipinski definition) is 7. The van der Waals surface area contributed by atoms with Gasteiger partial charge in [-0.05, 0) is 25.6 Å². The maximum atomic E-state index is 11.1. The number of carboxylic acids is 3. The Morgan fingerprint density at radius 3 is 1.85 bits per heavy atom. The van der Waals surface area contributed by atoms with Crippen LogP contribution in [0.25, 0.3) is 0 Å². The molecule has 1 aromatic heterocycles. The van der Waals surface area contributed by atoms with Crippen LogP contribution < -0.4 is 34.2 Å². The Kier molecular flexibility index (Phi) is 16.8. The first-order valence-electron chi connectivity index (χ1n) is 10.7. The number of pyridine rings is 1. The second-order valence-electron chi connectivity index (χ2n) is 6.45. The molecule has 0 radical (unpaired) electrons. The number of halogens is 4. The zero-order chi connectivity index (χ0) is 25.7. The van der Waals surface area contributed by atoms with Gasteiger partial charge >= 0.3 is 17.9 Å². The zero-order valence-corrected chi connectivity index (χ0v) is 20.4. The Morgan fingerprint density at radius 1 is 0.879 bits per heavy atom. The number of carbonyl (C=O) groups is 3. The highest BCUT2D eigenvalue weighted by Gasteiger charge is 2.23. The van der Waals surface area contributed by atoms with Crippen molar-refractivity contribution in [2.24, 2.45) is 17.2 Å². The van der Waals surface area contributed by atoms with E-state index in [9.17, 15) is 19.5 Å². The molecule has 0 saturated carbocycles. The molecule has 1 rings (SSSR count). The van der Waals surface area contributed by atoms with Crippen LogP contribution in [-0.4, -0.2) is 56.5 Å². The monoisotopic (exact) mass is 560 g/mol. The van der Waals surface area contributed by atoms with Crippen molar-refractivity contribution in [2.75, 3.05) is 0 Å². The van der Waals surface area contributed by atoms with Gasteiger partial charge in [0.2, 0.25) is 6.20 Å². The predicted molar refractivity (Wildman–Crippen MR) is 123 cm³/mol. The fraction of sp³-hybridized carbons (Fsp3) is 0.556. The van der Waals surface area contributed by atoms with E-state index in [0.717, 1.165) is 10.8 Å².